The molecule has 1 saturated heterocycles. The second-order valence-corrected chi connectivity index (χ2v) is 3.79. The van der Waals surface area contributed by atoms with E-state index in [-0.39, 0.29) is 5.57 Å². The summed E-state index contributed by atoms with van der Waals surface area (Å²) in [4.78, 5) is 9.75. The predicted octanol–water partition coefficient (Wildman–Crippen LogP) is 0.537. The molecule has 1 fully saturated rings. The zero-order valence-electron chi connectivity index (χ0n) is 8.13. The lowest BCUT2D eigenvalue weighted by atomic mass is 10.3. The number of carboxylic acids is 1. The van der Waals surface area contributed by atoms with E-state index in [1.807, 2.05) is 0 Å². The van der Waals surface area contributed by atoms with Gasteiger partial charge in [-0.05, 0) is 31.9 Å². The van der Waals surface area contributed by atoms with Crippen LogP contribution < -0.4 is 5.11 Å². The summed E-state index contributed by atoms with van der Waals surface area (Å²) in [5.74, 6) is -1.09. The largest absolute Gasteiger partial charge is 0.545 e. The molecular formula is C9H15O3Si-. The minimum atomic E-state index is -1.09. The van der Waals surface area contributed by atoms with Gasteiger partial charge in [-0.1, -0.05) is 12.5 Å². The van der Waals surface area contributed by atoms with Gasteiger partial charge in [0.2, 0.25) is 9.76 Å². The van der Waals surface area contributed by atoms with Crippen LogP contribution in [-0.2, 0) is 9.22 Å². The van der Waals surface area contributed by atoms with Gasteiger partial charge in [-0.25, -0.2) is 0 Å². The van der Waals surface area contributed by atoms with Crippen LogP contribution in [0, 0.1) is 0 Å². The normalized spacial score (nSPS) is 17.2. The second kappa shape index (κ2) is 8.01. The smallest absolute Gasteiger partial charge is 0.229 e. The molecule has 0 aromatic carbocycles. The third kappa shape index (κ3) is 7.74. The van der Waals surface area contributed by atoms with Crippen molar-refractivity contribution in [1.29, 1.82) is 0 Å². The van der Waals surface area contributed by atoms with Crippen LogP contribution in [0.25, 0.3) is 0 Å². The van der Waals surface area contributed by atoms with Gasteiger partial charge in [0.15, 0.2) is 0 Å². The Kier molecular flexibility index (Phi) is 7.63. The number of carbonyl (C=O) groups excluding carboxylic acids is 1. The van der Waals surface area contributed by atoms with E-state index >= 15 is 0 Å². The minimum absolute atomic E-state index is 0.278. The molecule has 0 saturated carbocycles. The lowest BCUT2D eigenvalue weighted by Gasteiger charge is -2.06. The van der Waals surface area contributed by atoms with Gasteiger partial charge in [-0.3, -0.25) is 0 Å². The first kappa shape index (κ1) is 12.4. The van der Waals surface area contributed by atoms with E-state index in [4.69, 9.17) is 4.43 Å². The first-order chi connectivity index (χ1) is 6.18. The van der Waals surface area contributed by atoms with Crippen LogP contribution in [0.15, 0.2) is 11.6 Å². The molecule has 1 heterocycles. The maximum Gasteiger partial charge on any atom is 0.229 e. The fraction of sp³-hybridized carbons (Fsp3) is 0.667. The maximum atomic E-state index is 9.75. The number of allylic oxidation sites excluding steroid dienone is 1. The summed E-state index contributed by atoms with van der Waals surface area (Å²) in [6, 6.07) is 1.31. The van der Waals surface area contributed by atoms with Crippen molar-refractivity contribution in [2.75, 3.05) is 6.61 Å². The van der Waals surface area contributed by atoms with Crippen LogP contribution in [0.3, 0.4) is 0 Å². The Balaban J connectivity index is 0.000000223. The fourth-order valence-electron chi connectivity index (χ4n) is 0.634. The standard InChI is InChI=1S/C5H8O2.C4H8OSi/c1-3-4(2)5(6)7;1-2-4-6-5-3-1/h3H,1-2H3,(H,6,7);1-4H2/p-1/b4-3+;. The maximum absolute atomic E-state index is 9.75. The van der Waals surface area contributed by atoms with Crippen molar-refractivity contribution in [3.8, 4) is 0 Å². The molecule has 4 heteroatoms. The summed E-state index contributed by atoms with van der Waals surface area (Å²) in [6.45, 7) is 4.17. The lowest BCUT2D eigenvalue weighted by molar-refractivity contribution is -0.299. The summed E-state index contributed by atoms with van der Waals surface area (Å²) < 4.78 is 5.10. The quantitative estimate of drug-likeness (QED) is 0.457. The molecule has 74 valence electrons. The fourth-order valence-corrected chi connectivity index (χ4v) is 1.46. The average Bonchev–Trinajstić information content (AvgIpc) is 2.20. The Bertz CT molecular complexity index is 162. The van der Waals surface area contributed by atoms with Crippen molar-refractivity contribution in [1.82, 2.24) is 0 Å². The molecule has 0 aromatic rings. The number of hydrogen-bond donors (Lipinski definition) is 0. The summed E-state index contributed by atoms with van der Waals surface area (Å²) in [7, 11) is 0.802. The highest BCUT2D eigenvalue weighted by atomic mass is 28.2. The van der Waals surface area contributed by atoms with Crippen molar-refractivity contribution in [3.63, 3.8) is 0 Å². The van der Waals surface area contributed by atoms with Crippen molar-refractivity contribution in [2.24, 2.45) is 0 Å². The molecule has 1 rings (SSSR count). The highest BCUT2D eigenvalue weighted by Gasteiger charge is 1.97. The van der Waals surface area contributed by atoms with Gasteiger partial charge in [0.25, 0.3) is 0 Å². The van der Waals surface area contributed by atoms with E-state index < -0.39 is 5.97 Å². The first-order valence-corrected chi connectivity index (χ1v) is 5.49. The molecule has 0 N–H and O–H groups in total. The second-order valence-electron chi connectivity index (χ2n) is 2.71. The van der Waals surface area contributed by atoms with Gasteiger partial charge in [-0.15, -0.1) is 0 Å². The molecule has 0 atom stereocenters. The predicted molar refractivity (Wildman–Crippen MR) is 50.2 cm³/mol. The van der Waals surface area contributed by atoms with Gasteiger partial charge in [0, 0.05) is 6.61 Å². The van der Waals surface area contributed by atoms with Crippen LogP contribution in [0.1, 0.15) is 26.7 Å². The number of hydrogen-bond acceptors (Lipinski definition) is 3. The lowest BCUT2D eigenvalue weighted by Crippen LogP contribution is -2.22. The molecule has 0 unspecified atom stereocenters. The van der Waals surface area contributed by atoms with Crippen molar-refractivity contribution in [2.45, 2.75) is 32.7 Å². The minimum Gasteiger partial charge on any atom is -0.545 e. The molecule has 3 nitrogen and oxygen atoms in total. The highest BCUT2D eigenvalue weighted by molar-refractivity contribution is 6.27. The molecule has 1 aliphatic rings. The molecule has 1 aliphatic heterocycles. The van der Waals surface area contributed by atoms with Crippen LogP contribution in [0.5, 0.6) is 0 Å². The zero-order chi connectivity index (χ0) is 10.1. The Morgan fingerprint density at radius 2 is 2.23 bits per heavy atom. The Labute approximate surface area is 81.7 Å². The van der Waals surface area contributed by atoms with Crippen LogP contribution in [-0.4, -0.2) is 22.3 Å². The van der Waals surface area contributed by atoms with E-state index in [0.29, 0.717) is 0 Å². The van der Waals surface area contributed by atoms with Crippen LogP contribution in [0.2, 0.25) is 6.04 Å². The molecule has 2 radical (unpaired) electrons. The first-order valence-electron chi connectivity index (χ1n) is 4.37. The van der Waals surface area contributed by atoms with Crippen LogP contribution in [0.4, 0.5) is 0 Å². The summed E-state index contributed by atoms with van der Waals surface area (Å²) >= 11 is 0. The van der Waals surface area contributed by atoms with Crippen LogP contribution >= 0.6 is 0 Å². The Hall–Kier alpha value is -0.613. The molecular weight excluding hydrogens is 184 g/mol. The monoisotopic (exact) mass is 199 g/mol. The third-order valence-electron chi connectivity index (χ3n) is 1.63. The van der Waals surface area contributed by atoms with E-state index in [2.05, 4.69) is 0 Å². The van der Waals surface area contributed by atoms with Gasteiger partial charge in [-0.2, -0.15) is 0 Å². The summed E-state index contributed by atoms with van der Waals surface area (Å²) in [5.41, 5.74) is 0.278. The average molecular weight is 199 g/mol. The third-order valence-corrected chi connectivity index (χ3v) is 2.60. The number of aliphatic carboxylic acids is 1. The number of carboxylic acid groups (broad SMARTS) is 1. The molecule has 0 spiro atoms. The molecule has 0 amide bonds. The number of carbonyl (C=O) groups is 1. The van der Waals surface area contributed by atoms with Gasteiger partial charge >= 0.3 is 0 Å². The molecule has 0 bridgehead atoms. The van der Waals surface area contributed by atoms with E-state index in [1.54, 1.807) is 6.92 Å². The molecule has 13 heavy (non-hydrogen) atoms. The molecule has 0 aromatic heterocycles. The zero-order valence-corrected chi connectivity index (χ0v) is 9.13. The SMILES string of the molecule is C/C=C(\C)C(=O)[O-].C1CC[Si]OC1. The number of rotatable bonds is 1. The van der Waals surface area contributed by atoms with Crippen molar-refractivity contribution < 1.29 is 14.3 Å². The van der Waals surface area contributed by atoms with Crippen molar-refractivity contribution in [3.05, 3.63) is 11.6 Å². The van der Waals surface area contributed by atoms with E-state index in [1.165, 1.54) is 31.9 Å². The Morgan fingerprint density at radius 1 is 1.54 bits per heavy atom. The summed E-state index contributed by atoms with van der Waals surface area (Å²) in [5, 5.41) is 9.75. The summed E-state index contributed by atoms with van der Waals surface area (Å²) in [6.07, 6.45) is 4.17. The topological polar surface area (TPSA) is 49.4 Å². The van der Waals surface area contributed by atoms with Gasteiger partial charge in [0.1, 0.15) is 0 Å². The van der Waals surface area contributed by atoms with Gasteiger partial charge < -0.3 is 14.3 Å². The molecule has 0 aliphatic carbocycles. The van der Waals surface area contributed by atoms with Gasteiger partial charge in [0.05, 0.1) is 5.97 Å². The Morgan fingerprint density at radius 3 is 2.31 bits per heavy atom. The van der Waals surface area contributed by atoms with E-state index in [0.717, 1.165) is 16.4 Å². The van der Waals surface area contributed by atoms with E-state index in [9.17, 15) is 9.90 Å². The highest BCUT2D eigenvalue weighted by Crippen LogP contribution is 2.01. The van der Waals surface area contributed by atoms with Crippen molar-refractivity contribution >= 4 is 15.7 Å².